The molecule has 0 heteroatoms. The molecule has 0 rings (SSSR count). The van der Waals surface area contributed by atoms with Crippen molar-refractivity contribution in [3.05, 3.63) is 34.9 Å². The largest absolute Gasteiger partial charge is 0.0887 e. The van der Waals surface area contributed by atoms with E-state index in [0.717, 1.165) is 5.92 Å². The molecule has 0 fully saturated rings. The Balaban J connectivity index is 3.71. The maximum absolute atomic E-state index is 2.43. The lowest BCUT2D eigenvalue weighted by atomic mass is 9.96. The van der Waals surface area contributed by atoms with E-state index in [1.54, 1.807) is 5.57 Å². The predicted molar refractivity (Wildman–Crippen MR) is 94.1 cm³/mol. The summed E-state index contributed by atoms with van der Waals surface area (Å²) in [5, 5.41) is 0. The van der Waals surface area contributed by atoms with Crippen molar-refractivity contribution in [3.8, 4) is 0 Å². The molecular formula is C20H36. The van der Waals surface area contributed by atoms with Crippen LogP contribution in [-0.4, -0.2) is 0 Å². The van der Waals surface area contributed by atoms with Crippen molar-refractivity contribution in [1.29, 1.82) is 0 Å². The molecule has 0 aliphatic rings. The molecule has 0 nitrogen and oxygen atoms in total. The fraction of sp³-hybridized carbons (Fsp3) is 0.700. The number of rotatable bonds is 10. The molecule has 20 heavy (non-hydrogen) atoms. The van der Waals surface area contributed by atoms with Gasteiger partial charge in [0.25, 0.3) is 0 Å². The zero-order valence-electron chi connectivity index (χ0n) is 14.8. The van der Waals surface area contributed by atoms with Crippen LogP contribution in [0.2, 0.25) is 0 Å². The summed E-state index contributed by atoms with van der Waals surface area (Å²) >= 11 is 0. The van der Waals surface area contributed by atoms with E-state index in [2.05, 4.69) is 59.8 Å². The first-order chi connectivity index (χ1) is 9.45. The van der Waals surface area contributed by atoms with E-state index in [1.807, 2.05) is 0 Å². The van der Waals surface area contributed by atoms with Crippen LogP contribution in [0.5, 0.6) is 0 Å². The van der Waals surface area contributed by atoms with Gasteiger partial charge in [-0.15, -0.1) is 0 Å². The van der Waals surface area contributed by atoms with Crippen LogP contribution >= 0.6 is 0 Å². The normalized spacial score (nSPS) is 14.3. The summed E-state index contributed by atoms with van der Waals surface area (Å²) in [7, 11) is 0. The zero-order chi connectivity index (χ0) is 15.4. The van der Waals surface area contributed by atoms with Gasteiger partial charge in [-0.25, -0.2) is 0 Å². The third kappa shape index (κ3) is 12.3. The molecule has 0 aromatic heterocycles. The van der Waals surface area contributed by atoms with E-state index in [-0.39, 0.29) is 0 Å². The van der Waals surface area contributed by atoms with Crippen molar-refractivity contribution in [2.24, 2.45) is 5.92 Å². The van der Waals surface area contributed by atoms with Crippen LogP contribution in [0.1, 0.15) is 86.5 Å². The molecule has 0 aliphatic heterocycles. The molecule has 0 amide bonds. The second-order valence-electron chi connectivity index (χ2n) is 6.58. The van der Waals surface area contributed by atoms with Crippen molar-refractivity contribution in [1.82, 2.24) is 0 Å². The first kappa shape index (κ1) is 19.2. The van der Waals surface area contributed by atoms with Crippen molar-refractivity contribution >= 4 is 0 Å². The first-order valence-corrected chi connectivity index (χ1v) is 8.36. The predicted octanol–water partition coefficient (Wildman–Crippen LogP) is 7.23. The topological polar surface area (TPSA) is 0 Å². The molecule has 0 saturated heterocycles. The van der Waals surface area contributed by atoms with E-state index in [1.165, 1.54) is 56.1 Å². The second kappa shape index (κ2) is 12.0. The Bertz CT molecular complexity index is 324. The lowest BCUT2D eigenvalue weighted by molar-refractivity contribution is 0.478. The Kier molecular flexibility index (Phi) is 11.5. The molecule has 0 bridgehead atoms. The van der Waals surface area contributed by atoms with Gasteiger partial charge >= 0.3 is 0 Å². The minimum absolute atomic E-state index is 0.865. The Hall–Kier alpha value is -0.780. The molecule has 0 heterocycles. The smallest absolute Gasteiger partial charge is 0.0288 e. The van der Waals surface area contributed by atoms with Crippen LogP contribution in [0.4, 0.5) is 0 Å². The summed E-state index contributed by atoms with van der Waals surface area (Å²) in [5.74, 6) is 0.865. The van der Waals surface area contributed by atoms with Gasteiger partial charge in [0.2, 0.25) is 0 Å². The van der Waals surface area contributed by atoms with E-state index >= 15 is 0 Å². The highest BCUT2D eigenvalue weighted by Crippen LogP contribution is 2.18. The minimum Gasteiger partial charge on any atom is -0.0887 e. The van der Waals surface area contributed by atoms with Crippen LogP contribution in [0.15, 0.2) is 34.9 Å². The summed E-state index contributed by atoms with van der Waals surface area (Å²) < 4.78 is 0. The monoisotopic (exact) mass is 276 g/mol. The van der Waals surface area contributed by atoms with Gasteiger partial charge in [0.1, 0.15) is 0 Å². The molecule has 0 spiro atoms. The van der Waals surface area contributed by atoms with Crippen LogP contribution in [0, 0.1) is 5.92 Å². The third-order valence-electron chi connectivity index (χ3n) is 4.00. The van der Waals surface area contributed by atoms with Gasteiger partial charge in [-0.05, 0) is 79.1 Å². The Labute approximate surface area is 128 Å². The van der Waals surface area contributed by atoms with Gasteiger partial charge < -0.3 is 0 Å². The molecule has 0 saturated carbocycles. The van der Waals surface area contributed by atoms with Gasteiger partial charge in [0, 0.05) is 0 Å². The number of hydrogen-bond donors (Lipinski definition) is 0. The lowest BCUT2D eigenvalue weighted by Gasteiger charge is -2.10. The van der Waals surface area contributed by atoms with Crippen LogP contribution < -0.4 is 0 Å². The summed E-state index contributed by atoms with van der Waals surface area (Å²) in [6.07, 6.45) is 16.0. The fourth-order valence-corrected chi connectivity index (χ4v) is 2.32. The molecule has 1 unspecified atom stereocenters. The van der Waals surface area contributed by atoms with Gasteiger partial charge in [-0.3, -0.25) is 0 Å². The van der Waals surface area contributed by atoms with Gasteiger partial charge in [0.05, 0.1) is 0 Å². The maximum atomic E-state index is 2.43. The maximum Gasteiger partial charge on any atom is -0.0288 e. The molecule has 0 aliphatic carbocycles. The first-order valence-electron chi connectivity index (χ1n) is 8.36. The molecule has 0 radical (unpaired) electrons. The average Bonchev–Trinajstić information content (AvgIpc) is 2.38. The SMILES string of the molecule is C/C=C(\C)CC/C=C(\C)CCCC(C)CCC=C(C)C. The van der Waals surface area contributed by atoms with Crippen LogP contribution in [-0.2, 0) is 0 Å². The van der Waals surface area contributed by atoms with Gasteiger partial charge in [-0.1, -0.05) is 48.3 Å². The summed E-state index contributed by atoms with van der Waals surface area (Å²) in [4.78, 5) is 0. The molecular weight excluding hydrogens is 240 g/mol. The standard InChI is InChI=1S/C20H36/c1-7-18(4)12-9-14-20(6)16-10-15-19(5)13-8-11-17(2)3/h7,11,14,19H,8-10,12-13,15-16H2,1-6H3/b18-7+,20-14+. The molecule has 1 atom stereocenters. The third-order valence-corrected chi connectivity index (χ3v) is 4.00. The zero-order valence-corrected chi connectivity index (χ0v) is 14.8. The van der Waals surface area contributed by atoms with E-state index in [9.17, 15) is 0 Å². The summed E-state index contributed by atoms with van der Waals surface area (Å²) in [6, 6.07) is 0. The summed E-state index contributed by atoms with van der Waals surface area (Å²) in [5.41, 5.74) is 4.53. The van der Waals surface area contributed by atoms with Crippen molar-refractivity contribution in [3.63, 3.8) is 0 Å². The fourth-order valence-electron chi connectivity index (χ4n) is 2.32. The number of hydrogen-bond acceptors (Lipinski definition) is 0. The highest BCUT2D eigenvalue weighted by atomic mass is 14.1. The Morgan fingerprint density at radius 3 is 2.15 bits per heavy atom. The average molecular weight is 277 g/mol. The molecule has 0 aromatic rings. The molecule has 116 valence electrons. The van der Waals surface area contributed by atoms with E-state index < -0.39 is 0 Å². The van der Waals surface area contributed by atoms with E-state index in [4.69, 9.17) is 0 Å². The number of allylic oxidation sites excluding steroid dienone is 6. The van der Waals surface area contributed by atoms with Crippen LogP contribution in [0.25, 0.3) is 0 Å². The second-order valence-corrected chi connectivity index (χ2v) is 6.58. The lowest BCUT2D eigenvalue weighted by Crippen LogP contribution is -1.94. The van der Waals surface area contributed by atoms with Crippen molar-refractivity contribution in [2.75, 3.05) is 0 Å². The molecule has 0 aromatic carbocycles. The van der Waals surface area contributed by atoms with E-state index in [0.29, 0.717) is 0 Å². The minimum atomic E-state index is 0.865. The van der Waals surface area contributed by atoms with Gasteiger partial charge in [-0.2, -0.15) is 0 Å². The van der Waals surface area contributed by atoms with Crippen LogP contribution in [0.3, 0.4) is 0 Å². The Morgan fingerprint density at radius 2 is 1.55 bits per heavy atom. The summed E-state index contributed by atoms with van der Waals surface area (Å²) in [6.45, 7) is 13.4. The van der Waals surface area contributed by atoms with Gasteiger partial charge in [0.15, 0.2) is 0 Å². The quantitative estimate of drug-likeness (QED) is 0.369. The Morgan fingerprint density at radius 1 is 0.850 bits per heavy atom. The molecule has 0 N–H and O–H groups in total. The van der Waals surface area contributed by atoms with Crippen molar-refractivity contribution < 1.29 is 0 Å². The van der Waals surface area contributed by atoms with Crippen molar-refractivity contribution in [2.45, 2.75) is 86.5 Å². The highest BCUT2D eigenvalue weighted by molar-refractivity contribution is 5.02. The highest BCUT2D eigenvalue weighted by Gasteiger charge is 2.01.